The maximum atomic E-state index is 12.7. The third kappa shape index (κ3) is 4.31. The second kappa shape index (κ2) is 8.34. The molecule has 0 aliphatic rings. The molecule has 0 spiro atoms. The molecule has 0 aromatic heterocycles. The van der Waals surface area contributed by atoms with Crippen LogP contribution in [0, 0.1) is 10.1 Å². The van der Waals surface area contributed by atoms with Crippen LogP contribution < -0.4 is 9.04 Å². The summed E-state index contributed by atoms with van der Waals surface area (Å²) in [4.78, 5) is 22.3. The van der Waals surface area contributed by atoms with Gasteiger partial charge in [0.25, 0.3) is 10.0 Å². The van der Waals surface area contributed by atoms with Crippen LogP contribution >= 0.6 is 0 Å². The standard InChI is InChI=1S/C21H18N2O6S/c1-15(24)16-8-13-21(20(14-16)23(25)26)29-18-11-9-17(10-12-18)22(2)30(27,28)19-6-4-3-5-7-19/h3-14H,1-2H3. The van der Waals surface area contributed by atoms with Gasteiger partial charge in [-0.25, -0.2) is 8.42 Å². The van der Waals surface area contributed by atoms with Crippen LogP contribution in [-0.2, 0) is 10.0 Å². The van der Waals surface area contributed by atoms with Gasteiger partial charge in [-0.15, -0.1) is 0 Å². The fourth-order valence-corrected chi connectivity index (χ4v) is 3.92. The average molecular weight is 426 g/mol. The van der Waals surface area contributed by atoms with E-state index < -0.39 is 14.9 Å². The summed E-state index contributed by atoms with van der Waals surface area (Å²) in [6.45, 7) is 1.32. The number of anilines is 1. The lowest BCUT2D eigenvalue weighted by Crippen LogP contribution is -2.26. The Morgan fingerprint density at radius 1 is 1.00 bits per heavy atom. The van der Waals surface area contributed by atoms with Crippen LogP contribution in [0.2, 0.25) is 0 Å². The third-order valence-corrected chi connectivity index (χ3v) is 6.19. The Hall–Kier alpha value is -3.72. The number of ketones is 1. The zero-order valence-electron chi connectivity index (χ0n) is 16.2. The van der Waals surface area contributed by atoms with Gasteiger partial charge < -0.3 is 4.74 Å². The molecule has 0 amide bonds. The number of sulfonamides is 1. The van der Waals surface area contributed by atoms with Gasteiger partial charge in [0, 0.05) is 18.7 Å². The minimum Gasteiger partial charge on any atom is -0.450 e. The number of rotatable bonds is 7. The van der Waals surface area contributed by atoms with Crippen molar-refractivity contribution >= 4 is 27.2 Å². The maximum Gasteiger partial charge on any atom is 0.312 e. The lowest BCUT2D eigenvalue weighted by Gasteiger charge is -2.19. The van der Waals surface area contributed by atoms with Crippen molar-refractivity contribution in [1.82, 2.24) is 0 Å². The molecule has 9 heteroatoms. The van der Waals surface area contributed by atoms with Crippen molar-refractivity contribution in [3.8, 4) is 11.5 Å². The summed E-state index contributed by atoms with van der Waals surface area (Å²) in [7, 11) is -2.29. The average Bonchev–Trinajstić information content (AvgIpc) is 2.74. The summed E-state index contributed by atoms with van der Waals surface area (Å²) < 4.78 is 32.1. The molecule has 0 N–H and O–H groups in total. The van der Waals surface area contributed by atoms with Crippen molar-refractivity contribution in [3.05, 3.63) is 88.5 Å². The number of nitrogens with zero attached hydrogens (tertiary/aromatic N) is 2. The predicted molar refractivity (Wildman–Crippen MR) is 112 cm³/mol. The van der Waals surface area contributed by atoms with Gasteiger partial charge in [0.15, 0.2) is 5.78 Å². The van der Waals surface area contributed by atoms with Crippen LogP contribution in [0.3, 0.4) is 0 Å². The first-order valence-electron chi connectivity index (χ1n) is 8.81. The quantitative estimate of drug-likeness (QED) is 0.315. The molecule has 8 nitrogen and oxygen atoms in total. The minimum absolute atomic E-state index is 0.0250. The van der Waals surface area contributed by atoms with Crippen molar-refractivity contribution in [2.45, 2.75) is 11.8 Å². The highest BCUT2D eigenvalue weighted by Crippen LogP contribution is 2.33. The molecule has 0 heterocycles. The minimum atomic E-state index is -3.72. The summed E-state index contributed by atoms with van der Waals surface area (Å²) in [5.41, 5.74) is 0.264. The Morgan fingerprint density at radius 3 is 2.20 bits per heavy atom. The molecule has 0 atom stereocenters. The summed E-state index contributed by atoms with van der Waals surface area (Å²) in [5.74, 6) is -0.0392. The van der Waals surface area contributed by atoms with E-state index in [4.69, 9.17) is 4.74 Å². The highest BCUT2D eigenvalue weighted by atomic mass is 32.2. The van der Waals surface area contributed by atoms with E-state index in [1.807, 2.05) is 0 Å². The predicted octanol–water partition coefficient (Wildman–Crippen LogP) is 4.41. The molecule has 0 unspecified atom stereocenters. The van der Waals surface area contributed by atoms with Gasteiger partial charge >= 0.3 is 5.69 Å². The van der Waals surface area contributed by atoms with Gasteiger partial charge in [-0.3, -0.25) is 19.2 Å². The van der Waals surface area contributed by atoms with E-state index in [-0.39, 0.29) is 33.4 Å². The Balaban J connectivity index is 1.85. The van der Waals surface area contributed by atoms with Crippen molar-refractivity contribution in [2.24, 2.45) is 0 Å². The lowest BCUT2D eigenvalue weighted by atomic mass is 10.1. The summed E-state index contributed by atoms with van der Waals surface area (Å²) in [6, 6.07) is 18.1. The van der Waals surface area contributed by atoms with Crippen molar-refractivity contribution in [1.29, 1.82) is 0 Å². The number of carbonyl (C=O) groups is 1. The topological polar surface area (TPSA) is 107 Å². The number of hydrogen-bond donors (Lipinski definition) is 0. The van der Waals surface area contributed by atoms with Crippen LogP contribution in [0.1, 0.15) is 17.3 Å². The molecule has 0 bridgehead atoms. The number of hydrogen-bond acceptors (Lipinski definition) is 6. The van der Waals surface area contributed by atoms with Gasteiger partial charge in [0.2, 0.25) is 5.75 Å². The summed E-state index contributed by atoms with van der Waals surface area (Å²) in [6.07, 6.45) is 0. The molecule has 3 aromatic carbocycles. The van der Waals surface area contributed by atoms with E-state index >= 15 is 0 Å². The van der Waals surface area contributed by atoms with Gasteiger partial charge in [-0.1, -0.05) is 18.2 Å². The zero-order valence-corrected chi connectivity index (χ0v) is 17.0. The largest absolute Gasteiger partial charge is 0.450 e. The molecule has 0 saturated heterocycles. The summed E-state index contributed by atoms with van der Waals surface area (Å²) in [5, 5.41) is 11.3. The molecule has 154 valence electrons. The SMILES string of the molecule is CC(=O)c1ccc(Oc2ccc(N(C)S(=O)(=O)c3ccccc3)cc2)c([N+](=O)[O-])c1. The molecule has 3 rings (SSSR count). The highest BCUT2D eigenvalue weighted by Gasteiger charge is 2.21. The Kier molecular flexibility index (Phi) is 5.84. The molecule has 0 aliphatic carbocycles. The fourth-order valence-electron chi connectivity index (χ4n) is 2.71. The third-order valence-electron chi connectivity index (χ3n) is 4.39. The molecule has 30 heavy (non-hydrogen) atoms. The number of benzene rings is 3. The van der Waals surface area contributed by atoms with Crippen molar-refractivity contribution in [3.63, 3.8) is 0 Å². The second-order valence-corrected chi connectivity index (χ2v) is 8.35. The van der Waals surface area contributed by atoms with Crippen LogP contribution in [0.4, 0.5) is 11.4 Å². The number of Topliss-reactive ketones (excluding diaryl/α,β-unsaturated/α-hetero) is 1. The first-order chi connectivity index (χ1) is 14.2. The monoisotopic (exact) mass is 426 g/mol. The number of ether oxygens (including phenoxy) is 1. The fraction of sp³-hybridized carbons (Fsp3) is 0.0952. The highest BCUT2D eigenvalue weighted by molar-refractivity contribution is 7.92. The van der Waals surface area contributed by atoms with Crippen LogP contribution in [-0.4, -0.2) is 26.2 Å². The van der Waals surface area contributed by atoms with Gasteiger partial charge in [-0.2, -0.15) is 0 Å². The number of nitro benzene ring substituents is 1. The Morgan fingerprint density at radius 2 is 1.63 bits per heavy atom. The molecule has 0 aliphatic heterocycles. The number of carbonyl (C=O) groups excluding carboxylic acids is 1. The van der Waals surface area contributed by atoms with Crippen LogP contribution in [0.25, 0.3) is 0 Å². The smallest absolute Gasteiger partial charge is 0.312 e. The van der Waals surface area contributed by atoms with Crippen molar-refractivity contribution < 1.29 is 22.9 Å². The molecule has 0 radical (unpaired) electrons. The molecule has 0 saturated carbocycles. The van der Waals surface area contributed by atoms with Gasteiger partial charge in [0.05, 0.1) is 15.5 Å². The molecular weight excluding hydrogens is 408 g/mol. The Bertz CT molecular complexity index is 1190. The first-order valence-corrected chi connectivity index (χ1v) is 10.3. The summed E-state index contributed by atoms with van der Waals surface area (Å²) >= 11 is 0. The van der Waals surface area contributed by atoms with E-state index in [0.29, 0.717) is 5.69 Å². The second-order valence-electron chi connectivity index (χ2n) is 6.38. The van der Waals surface area contributed by atoms with E-state index in [1.54, 1.807) is 18.2 Å². The van der Waals surface area contributed by atoms with E-state index in [1.165, 1.54) is 62.5 Å². The van der Waals surface area contributed by atoms with Crippen molar-refractivity contribution in [2.75, 3.05) is 11.4 Å². The number of nitro groups is 1. The zero-order chi connectivity index (χ0) is 21.9. The molecular formula is C21H18N2O6S. The molecule has 0 fully saturated rings. The molecule has 3 aromatic rings. The Labute approximate surface area is 173 Å². The van der Waals surface area contributed by atoms with Crippen LogP contribution in [0.5, 0.6) is 11.5 Å². The van der Waals surface area contributed by atoms with Gasteiger partial charge in [-0.05, 0) is 55.5 Å². The normalized spacial score (nSPS) is 11.0. The lowest BCUT2D eigenvalue weighted by molar-refractivity contribution is -0.385. The van der Waals surface area contributed by atoms with Gasteiger partial charge in [0.1, 0.15) is 5.75 Å². The van der Waals surface area contributed by atoms with Crippen LogP contribution in [0.15, 0.2) is 77.7 Å². The van der Waals surface area contributed by atoms with E-state index in [9.17, 15) is 23.3 Å². The van der Waals surface area contributed by atoms with E-state index in [2.05, 4.69) is 0 Å². The first kappa shape index (κ1) is 21.0. The van der Waals surface area contributed by atoms with E-state index in [0.717, 1.165) is 10.4 Å². The maximum absolute atomic E-state index is 12.7.